The van der Waals surface area contributed by atoms with Crippen molar-refractivity contribution < 1.29 is 18.0 Å². The molecule has 1 aromatic heterocycles. The summed E-state index contributed by atoms with van der Waals surface area (Å²) in [6.45, 7) is 0. The molecule has 2 nitrogen and oxygen atoms in total. The number of carbonyl (C=O) groups excluding carboxylic acids is 1. The molecule has 0 aliphatic heterocycles. The minimum Gasteiger partial charge on any atom is -0.298 e. The fraction of sp³-hybridized carbons (Fsp3) is 0.0526. The first-order valence-corrected chi connectivity index (χ1v) is 7.17. The molecule has 3 aromatic rings. The Kier molecular flexibility index (Phi) is 4.16. The third-order valence-corrected chi connectivity index (χ3v) is 3.51. The number of aldehydes is 1. The van der Waals surface area contributed by atoms with E-state index in [2.05, 4.69) is 4.98 Å². The number of aromatic nitrogens is 1. The molecule has 0 radical (unpaired) electrons. The molecule has 0 saturated heterocycles. The highest BCUT2D eigenvalue weighted by Crippen LogP contribution is 2.30. The van der Waals surface area contributed by atoms with Gasteiger partial charge in [0, 0.05) is 10.9 Å². The molecule has 120 valence electrons. The van der Waals surface area contributed by atoms with Crippen LogP contribution in [0.5, 0.6) is 0 Å². The molecule has 2 aromatic carbocycles. The molecule has 1 heterocycles. The van der Waals surface area contributed by atoms with Gasteiger partial charge in [-0.1, -0.05) is 30.3 Å². The van der Waals surface area contributed by atoms with Crippen molar-refractivity contribution in [1.29, 1.82) is 0 Å². The molecule has 0 fully saturated rings. The molecule has 5 heteroatoms. The Morgan fingerprint density at radius 3 is 2.38 bits per heavy atom. The van der Waals surface area contributed by atoms with E-state index in [1.54, 1.807) is 12.1 Å². The first kappa shape index (κ1) is 15.9. The van der Waals surface area contributed by atoms with Crippen molar-refractivity contribution in [3.8, 4) is 0 Å². The molecule has 0 N–H and O–H groups in total. The summed E-state index contributed by atoms with van der Waals surface area (Å²) in [5, 5.41) is 0.983. The van der Waals surface area contributed by atoms with Crippen LogP contribution >= 0.6 is 0 Å². The molecule has 0 aliphatic rings. The normalized spacial score (nSPS) is 12.0. The first-order valence-electron chi connectivity index (χ1n) is 7.17. The predicted molar refractivity (Wildman–Crippen MR) is 87.5 cm³/mol. The summed E-state index contributed by atoms with van der Waals surface area (Å²) < 4.78 is 38.6. The number of pyridine rings is 1. The van der Waals surface area contributed by atoms with Gasteiger partial charge in [-0.3, -0.25) is 4.79 Å². The monoisotopic (exact) mass is 327 g/mol. The summed E-state index contributed by atoms with van der Waals surface area (Å²) >= 11 is 0. The average Bonchev–Trinajstić information content (AvgIpc) is 2.58. The van der Waals surface area contributed by atoms with Crippen molar-refractivity contribution in [3.63, 3.8) is 0 Å². The van der Waals surface area contributed by atoms with Crippen molar-refractivity contribution in [2.24, 2.45) is 0 Å². The summed E-state index contributed by atoms with van der Waals surface area (Å²) in [5.74, 6) is 0. The molecule has 3 rings (SSSR count). The van der Waals surface area contributed by atoms with Crippen LogP contribution in [0.15, 0.2) is 54.6 Å². The molecule has 0 atom stereocenters. The Labute approximate surface area is 136 Å². The lowest BCUT2D eigenvalue weighted by atomic mass is 10.1. The largest absolute Gasteiger partial charge is 0.416 e. The number of rotatable bonds is 3. The highest BCUT2D eigenvalue weighted by Gasteiger charge is 2.30. The smallest absolute Gasteiger partial charge is 0.298 e. The zero-order chi connectivity index (χ0) is 17.2. The molecule has 0 unspecified atom stereocenters. The van der Waals surface area contributed by atoms with Crippen LogP contribution in [0.3, 0.4) is 0 Å². The number of carbonyl (C=O) groups is 1. The van der Waals surface area contributed by atoms with Crippen LogP contribution in [0, 0.1) is 0 Å². The number of alkyl halides is 3. The minimum absolute atomic E-state index is 0.0176. The van der Waals surface area contributed by atoms with Gasteiger partial charge in [0.2, 0.25) is 0 Å². The number of hydrogen-bond acceptors (Lipinski definition) is 2. The van der Waals surface area contributed by atoms with Crippen LogP contribution < -0.4 is 0 Å². The average molecular weight is 327 g/mol. The number of hydrogen-bond donors (Lipinski definition) is 0. The zero-order valence-corrected chi connectivity index (χ0v) is 12.4. The summed E-state index contributed by atoms with van der Waals surface area (Å²) in [7, 11) is 0. The van der Waals surface area contributed by atoms with E-state index in [1.165, 1.54) is 12.1 Å². The van der Waals surface area contributed by atoms with Gasteiger partial charge in [0.15, 0.2) is 0 Å². The van der Waals surface area contributed by atoms with Gasteiger partial charge in [0.1, 0.15) is 6.29 Å². The SMILES string of the molecule is O=Cc1cc(/C=C/c2ccc3ccccc3n2)cc(C(F)(F)F)c1. The standard InChI is InChI=1S/C19H12F3NO/c20-19(21,22)16-10-13(9-14(11-16)12-24)5-7-17-8-6-15-3-1-2-4-18(15)23-17/h1-12H/b7-5+. The number of nitrogens with zero attached hydrogens (tertiary/aromatic N) is 1. The molecule has 0 amide bonds. The van der Waals surface area contributed by atoms with E-state index in [0.29, 0.717) is 17.5 Å². The Balaban J connectivity index is 1.96. The van der Waals surface area contributed by atoms with E-state index in [1.807, 2.05) is 30.3 Å². The minimum atomic E-state index is -4.50. The maximum Gasteiger partial charge on any atom is 0.416 e. The van der Waals surface area contributed by atoms with Gasteiger partial charge in [0.05, 0.1) is 16.8 Å². The summed E-state index contributed by atoms with van der Waals surface area (Å²) in [4.78, 5) is 15.3. The summed E-state index contributed by atoms with van der Waals surface area (Å²) in [5.41, 5.74) is 0.854. The van der Waals surface area contributed by atoms with E-state index in [-0.39, 0.29) is 5.56 Å². The molecular weight excluding hydrogens is 315 g/mol. The predicted octanol–water partition coefficient (Wildman–Crippen LogP) is 5.24. The highest BCUT2D eigenvalue weighted by atomic mass is 19.4. The quantitative estimate of drug-likeness (QED) is 0.616. The molecule has 24 heavy (non-hydrogen) atoms. The third-order valence-electron chi connectivity index (χ3n) is 3.51. The second-order valence-corrected chi connectivity index (χ2v) is 5.27. The molecule has 0 spiro atoms. The lowest BCUT2D eigenvalue weighted by molar-refractivity contribution is -0.137. The fourth-order valence-electron chi connectivity index (χ4n) is 2.36. The third kappa shape index (κ3) is 3.51. The van der Waals surface area contributed by atoms with Crippen molar-refractivity contribution >= 4 is 29.3 Å². The lowest BCUT2D eigenvalue weighted by Gasteiger charge is -2.08. The maximum absolute atomic E-state index is 12.9. The van der Waals surface area contributed by atoms with E-state index >= 15 is 0 Å². The lowest BCUT2D eigenvalue weighted by Crippen LogP contribution is -2.06. The molecular formula is C19H12F3NO. The van der Waals surface area contributed by atoms with Crippen molar-refractivity contribution in [3.05, 3.63) is 77.0 Å². The van der Waals surface area contributed by atoms with Crippen LogP contribution in [0.2, 0.25) is 0 Å². The number of benzene rings is 2. The van der Waals surface area contributed by atoms with Gasteiger partial charge in [0.25, 0.3) is 0 Å². The van der Waals surface area contributed by atoms with Gasteiger partial charge >= 0.3 is 6.18 Å². The maximum atomic E-state index is 12.9. The molecule has 0 aliphatic carbocycles. The van der Waals surface area contributed by atoms with Crippen LogP contribution in [-0.4, -0.2) is 11.3 Å². The first-order chi connectivity index (χ1) is 11.5. The van der Waals surface area contributed by atoms with Crippen LogP contribution in [0.4, 0.5) is 13.2 Å². The summed E-state index contributed by atoms with van der Waals surface area (Å²) in [6.07, 6.45) is -0.959. The molecule has 0 bridgehead atoms. The Bertz CT molecular complexity index is 929. The van der Waals surface area contributed by atoms with Gasteiger partial charge in [-0.15, -0.1) is 0 Å². The number of halogens is 3. The van der Waals surface area contributed by atoms with Gasteiger partial charge in [-0.25, -0.2) is 4.98 Å². The topological polar surface area (TPSA) is 30.0 Å². The van der Waals surface area contributed by atoms with Crippen molar-refractivity contribution in [1.82, 2.24) is 4.98 Å². The van der Waals surface area contributed by atoms with E-state index in [9.17, 15) is 18.0 Å². The van der Waals surface area contributed by atoms with E-state index in [0.717, 1.165) is 23.0 Å². The second kappa shape index (κ2) is 6.28. The van der Waals surface area contributed by atoms with E-state index in [4.69, 9.17) is 0 Å². The summed E-state index contributed by atoms with van der Waals surface area (Å²) in [6, 6.07) is 14.5. The van der Waals surface area contributed by atoms with Gasteiger partial charge in [-0.05, 0) is 42.0 Å². The Morgan fingerprint density at radius 1 is 0.875 bits per heavy atom. The number of fused-ring (bicyclic) bond motifs is 1. The van der Waals surface area contributed by atoms with Crippen LogP contribution in [0.25, 0.3) is 23.1 Å². The second-order valence-electron chi connectivity index (χ2n) is 5.27. The van der Waals surface area contributed by atoms with Gasteiger partial charge in [-0.2, -0.15) is 13.2 Å². The van der Waals surface area contributed by atoms with Crippen molar-refractivity contribution in [2.75, 3.05) is 0 Å². The Morgan fingerprint density at radius 2 is 1.62 bits per heavy atom. The highest BCUT2D eigenvalue weighted by molar-refractivity contribution is 5.82. The molecule has 0 saturated carbocycles. The van der Waals surface area contributed by atoms with Crippen molar-refractivity contribution in [2.45, 2.75) is 6.18 Å². The van der Waals surface area contributed by atoms with Crippen LogP contribution in [0.1, 0.15) is 27.2 Å². The van der Waals surface area contributed by atoms with E-state index < -0.39 is 11.7 Å². The number of para-hydroxylation sites is 1. The Hall–Kier alpha value is -2.95. The van der Waals surface area contributed by atoms with Gasteiger partial charge < -0.3 is 0 Å². The van der Waals surface area contributed by atoms with Crippen LogP contribution in [-0.2, 0) is 6.18 Å². The fourth-order valence-corrected chi connectivity index (χ4v) is 2.36. The zero-order valence-electron chi connectivity index (χ0n) is 12.4.